The average molecular weight is 388 g/mol. The summed E-state index contributed by atoms with van der Waals surface area (Å²) >= 11 is 4.07. The highest BCUT2D eigenvalue weighted by Gasteiger charge is 2.39. The lowest BCUT2D eigenvalue weighted by molar-refractivity contribution is -0.00000327. The first-order valence-electron chi connectivity index (χ1n) is 5.96. The van der Waals surface area contributed by atoms with Crippen molar-refractivity contribution in [3.8, 4) is 0 Å². The lowest BCUT2D eigenvalue weighted by Crippen LogP contribution is -3.00. The maximum absolute atomic E-state index is 4.07. The molecule has 0 aromatic heterocycles. The Morgan fingerprint density at radius 3 is 1.56 bits per heavy atom. The van der Waals surface area contributed by atoms with Crippen LogP contribution in [-0.2, 0) is 0 Å². The van der Waals surface area contributed by atoms with Crippen LogP contribution in [0, 0.1) is 0 Å². The maximum Gasteiger partial charge on any atom is 0.151 e. The summed E-state index contributed by atoms with van der Waals surface area (Å²) in [6, 6.07) is 21.6. The maximum atomic E-state index is 4.07. The largest absolute Gasteiger partial charge is 1.00 e. The van der Waals surface area contributed by atoms with Crippen molar-refractivity contribution in [2.75, 3.05) is 6.16 Å². The van der Waals surface area contributed by atoms with E-state index >= 15 is 0 Å². The standard InChI is InChI=1S/C15H17BrP.BrH/c1-2-13-17(16,14-9-5-3-6-10-14)15-11-7-4-8-12-15;/h3-12H,2,13H2,1H3;1H/q+1;/p-1. The Bertz CT molecular complexity index is 417. The zero-order valence-electron chi connectivity index (χ0n) is 10.4. The Kier molecular flexibility index (Phi) is 6.55. The predicted molar refractivity (Wildman–Crippen MR) is 83.2 cm³/mol. The van der Waals surface area contributed by atoms with E-state index in [2.05, 4.69) is 83.1 Å². The van der Waals surface area contributed by atoms with E-state index < -0.39 is 5.96 Å². The van der Waals surface area contributed by atoms with Gasteiger partial charge in [0.15, 0.2) is 15.5 Å². The normalized spacial score (nSPS) is 10.8. The molecule has 0 unspecified atom stereocenters. The van der Waals surface area contributed by atoms with Crippen LogP contribution in [0.15, 0.2) is 60.7 Å². The Labute approximate surface area is 129 Å². The molecule has 0 saturated carbocycles. The highest BCUT2D eigenvalue weighted by atomic mass is 79.9. The topological polar surface area (TPSA) is 0 Å². The Hall–Kier alpha value is -0.170. The SMILES string of the molecule is CCC[P+](Br)(c1ccccc1)c1ccccc1.[Br-]. The van der Waals surface area contributed by atoms with Crippen molar-refractivity contribution in [3.05, 3.63) is 60.7 Å². The number of hydrogen-bond acceptors (Lipinski definition) is 0. The monoisotopic (exact) mass is 386 g/mol. The van der Waals surface area contributed by atoms with E-state index in [1.807, 2.05) is 0 Å². The minimum Gasteiger partial charge on any atom is -1.00 e. The van der Waals surface area contributed by atoms with E-state index in [0.717, 1.165) is 0 Å². The number of rotatable bonds is 4. The van der Waals surface area contributed by atoms with E-state index in [1.54, 1.807) is 0 Å². The molecule has 0 N–H and O–H groups in total. The molecule has 0 amide bonds. The molecule has 0 bridgehead atoms. The minimum atomic E-state index is -1.36. The number of hydrogen-bond donors (Lipinski definition) is 0. The van der Waals surface area contributed by atoms with Crippen LogP contribution in [0.25, 0.3) is 0 Å². The third-order valence-electron chi connectivity index (χ3n) is 2.86. The fourth-order valence-electron chi connectivity index (χ4n) is 2.04. The Balaban J connectivity index is 0.00000162. The van der Waals surface area contributed by atoms with Crippen molar-refractivity contribution in [3.63, 3.8) is 0 Å². The van der Waals surface area contributed by atoms with Crippen molar-refractivity contribution in [1.82, 2.24) is 0 Å². The van der Waals surface area contributed by atoms with Gasteiger partial charge in [-0.1, -0.05) is 43.3 Å². The van der Waals surface area contributed by atoms with Crippen LogP contribution in [-0.4, -0.2) is 6.16 Å². The van der Waals surface area contributed by atoms with Crippen molar-refractivity contribution < 1.29 is 17.0 Å². The number of halogens is 2. The molecule has 96 valence electrons. The lowest BCUT2D eigenvalue weighted by atomic mass is 10.4. The summed E-state index contributed by atoms with van der Waals surface area (Å²) < 4.78 is 0. The molecule has 2 aromatic carbocycles. The van der Waals surface area contributed by atoms with Crippen LogP contribution >= 0.6 is 21.5 Å². The van der Waals surface area contributed by atoms with Gasteiger partial charge < -0.3 is 17.0 Å². The Morgan fingerprint density at radius 2 is 1.22 bits per heavy atom. The van der Waals surface area contributed by atoms with E-state index in [4.69, 9.17) is 0 Å². The Morgan fingerprint density at radius 1 is 0.833 bits per heavy atom. The second kappa shape index (κ2) is 7.43. The van der Waals surface area contributed by atoms with Gasteiger partial charge in [-0.25, -0.2) is 0 Å². The third-order valence-corrected chi connectivity index (χ3v) is 9.68. The zero-order valence-corrected chi connectivity index (χ0v) is 14.5. The molecule has 0 aliphatic heterocycles. The van der Waals surface area contributed by atoms with Gasteiger partial charge in [0, 0.05) is 0 Å². The molecule has 0 heterocycles. The molecule has 0 atom stereocenters. The van der Waals surface area contributed by atoms with Crippen LogP contribution in [0.3, 0.4) is 0 Å². The fourth-order valence-corrected chi connectivity index (χ4v) is 7.25. The second-order valence-electron chi connectivity index (χ2n) is 4.11. The summed E-state index contributed by atoms with van der Waals surface area (Å²) in [6.07, 6.45) is 2.41. The highest BCUT2D eigenvalue weighted by Crippen LogP contribution is 2.64. The molecular formula is C15H17Br2P. The molecule has 0 saturated heterocycles. The average Bonchev–Trinajstić information content (AvgIpc) is 2.41. The molecule has 0 aliphatic carbocycles. The lowest BCUT2D eigenvalue weighted by Gasteiger charge is -2.19. The smallest absolute Gasteiger partial charge is 0.151 e. The van der Waals surface area contributed by atoms with Gasteiger partial charge in [0.25, 0.3) is 0 Å². The van der Waals surface area contributed by atoms with Crippen molar-refractivity contribution in [2.45, 2.75) is 13.3 Å². The first kappa shape index (κ1) is 15.9. The molecule has 0 aliphatic rings. The van der Waals surface area contributed by atoms with Crippen LogP contribution < -0.4 is 27.6 Å². The first-order valence-corrected chi connectivity index (χ1v) is 9.95. The predicted octanol–water partition coefficient (Wildman–Crippen LogP) is 1.38. The van der Waals surface area contributed by atoms with Crippen molar-refractivity contribution in [1.29, 1.82) is 0 Å². The molecule has 0 radical (unpaired) electrons. The van der Waals surface area contributed by atoms with Gasteiger partial charge in [-0.15, -0.1) is 0 Å². The molecule has 2 aromatic rings. The van der Waals surface area contributed by atoms with E-state index in [1.165, 1.54) is 23.2 Å². The van der Waals surface area contributed by atoms with Crippen LogP contribution in [0.2, 0.25) is 0 Å². The van der Waals surface area contributed by atoms with E-state index in [9.17, 15) is 0 Å². The van der Waals surface area contributed by atoms with Gasteiger partial charge in [-0.2, -0.15) is 0 Å². The fraction of sp³-hybridized carbons (Fsp3) is 0.200. The molecule has 2 rings (SSSR count). The van der Waals surface area contributed by atoms with Gasteiger partial charge in [0.2, 0.25) is 0 Å². The molecule has 0 spiro atoms. The molecular weight excluding hydrogens is 371 g/mol. The molecule has 18 heavy (non-hydrogen) atoms. The van der Waals surface area contributed by atoms with Crippen molar-refractivity contribution in [2.24, 2.45) is 0 Å². The second-order valence-corrected chi connectivity index (χ2v) is 10.7. The molecule has 3 heteroatoms. The van der Waals surface area contributed by atoms with Crippen LogP contribution in [0.4, 0.5) is 0 Å². The summed E-state index contributed by atoms with van der Waals surface area (Å²) in [4.78, 5) is 0. The quantitative estimate of drug-likeness (QED) is 0.695. The third kappa shape index (κ3) is 3.44. The summed E-state index contributed by atoms with van der Waals surface area (Å²) in [5.74, 6) is -1.36. The number of benzene rings is 2. The molecule has 0 nitrogen and oxygen atoms in total. The van der Waals surface area contributed by atoms with Crippen molar-refractivity contribution >= 4 is 32.1 Å². The van der Waals surface area contributed by atoms with E-state index in [0.29, 0.717) is 0 Å². The van der Waals surface area contributed by atoms with Gasteiger partial charge >= 0.3 is 0 Å². The van der Waals surface area contributed by atoms with Crippen LogP contribution in [0.1, 0.15) is 13.3 Å². The van der Waals surface area contributed by atoms with Gasteiger partial charge in [-0.05, 0) is 30.7 Å². The summed E-state index contributed by atoms with van der Waals surface area (Å²) in [5, 5.41) is 2.88. The van der Waals surface area contributed by atoms with Gasteiger partial charge in [0.05, 0.1) is 6.16 Å². The summed E-state index contributed by atoms with van der Waals surface area (Å²) in [5.41, 5.74) is 0. The molecule has 0 fully saturated rings. The van der Waals surface area contributed by atoms with Crippen LogP contribution in [0.5, 0.6) is 0 Å². The minimum absolute atomic E-state index is 0. The van der Waals surface area contributed by atoms with E-state index in [-0.39, 0.29) is 17.0 Å². The highest BCUT2D eigenvalue weighted by molar-refractivity contribution is 9.43. The van der Waals surface area contributed by atoms with Gasteiger partial charge in [-0.3, -0.25) is 0 Å². The summed E-state index contributed by atoms with van der Waals surface area (Å²) in [6.45, 7) is 2.25. The first-order chi connectivity index (χ1) is 8.27. The zero-order chi connectivity index (χ0) is 12.1. The summed E-state index contributed by atoms with van der Waals surface area (Å²) in [7, 11) is 0. The van der Waals surface area contributed by atoms with Gasteiger partial charge in [0.1, 0.15) is 16.6 Å².